The second kappa shape index (κ2) is 11.7. The molecule has 2 fully saturated rings. The molecule has 0 aliphatic carbocycles. The predicted molar refractivity (Wildman–Crippen MR) is 116 cm³/mol. The van der Waals surface area contributed by atoms with Gasteiger partial charge in [0.05, 0.1) is 12.8 Å². The van der Waals surface area contributed by atoms with Gasteiger partial charge in [-0.3, -0.25) is 14.7 Å². The van der Waals surface area contributed by atoms with E-state index in [0.29, 0.717) is 31.6 Å². The predicted octanol–water partition coefficient (Wildman–Crippen LogP) is -0.186. The van der Waals surface area contributed by atoms with Gasteiger partial charge in [0.2, 0.25) is 15.9 Å². The number of hydrogen-bond acceptors (Lipinski definition) is 5. The van der Waals surface area contributed by atoms with Crippen molar-refractivity contribution in [3.8, 4) is 0 Å². The molecule has 2 saturated heterocycles. The summed E-state index contributed by atoms with van der Waals surface area (Å²) in [5.41, 5.74) is 0. The highest BCUT2D eigenvalue weighted by molar-refractivity contribution is 7.88. The summed E-state index contributed by atoms with van der Waals surface area (Å²) in [6.45, 7) is 7.07. The van der Waals surface area contributed by atoms with Gasteiger partial charge in [-0.15, -0.1) is 0 Å². The molecular formula is C19H38N6O3S. The smallest absolute Gasteiger partial charge is 0.234 e. The number of nitrogens with zero attached hydrogens (tertiary/aromatic N) is 3. The summed E-state index contributed by atoms with van der Waals surface area (Å²) in [6, 6.07) is 0.350. The van der Waals surface area contributed by atoms with Crippen LogP contribution in [0.15, 0.2) is 4.99 Å². The Labute approximate surface area is 175 Å². The molecule has 3 N–H and O–H groups in total. The first-order valence-electron chi connectivity index (χ1n) is 10.7. The van der Waals surface area contributed by atoms with Crippen molar-refractivity contribution in [3.63, 3.8) is 0 Å². The minimum absolute atomic E-state index is 0.109. The Balaban J connectivity index is 1.65. The van der Waals surface area contributed by atoms with Crippen molar-refractivity contribution in [2.45, 2.75) is 45.1 Å². The number of piperidine rings is 2. The molecule has 0 radical (unpaired) electrons. The van der Waals surface area contributed by atoms with Crippen molar-refractivity contribution in [3.05, 3.63) is 0 Å². The molecular weight excluding hydrogens is 392 g/mol. The summed E-state index contributed by atoms with van der Waals surface area (Å²) >= 11 is 0. The lowest BCUT2D eigenvalue weighted by molar-refractivity contribution is -0.122. The van der Waals surface area contributed by atoms with Crippen LogP contribution in [0.5, 0.6) is 0 Å². The number of guanidine groups is 1. The molecule has 0 aromatic rings. The second-order valence-corrected chi connectivity index (χ2v) is 10.1. The summed E-state index contributed by atoms with van der Waals surface area (Å²) in [6.07, 6.45) is 5.94. The summed E-state index contributed by atoms with van der Waals surface area (Å²) in [7, 11) is -1.30. The molecule has 2 heterocycles. The lowest BCUT2D eigenvalue weighted by atomic mass is 9.98. The first kappa shape index (κ1) is 23.9. The van der Waals surface area contributed by atoms with Crippen LogP contribution in [0.3, 0.4) is 0 Å². The van der Waals surface area contributed by atoms with E-state index >= 15 is 0 Å². The van der Waals surface area contributed by atoms with Gasteiger partial charge in [-0.25, -0.2) is 12.7 Å². The lowest BCUT2D eigenvalue weighted by Gasteiger charge is -2.33. The van der Waals surface area contributed by atoms with E-state index in [1.165, 1.54) is 6.26 Å². The van der Waals surface area contributed by atoms with Crippen molar-refractivity contribution in [1.29, 1.82) is 0 Å². The highest BCUT2D eigenvalue weighted by Gasteiger charge is 2.25. The minimum atomic E-state index is -3.07. The van der Waals surface area contributed by atoms with E-state index in [0.717, 1.165) is 64.2 Å². The standard InChI is InChI=1S/C19H38N6O3S/c1-4-9-21-18(26)15-24-10-7-17(8-11-24)23-19(20-2)22-14-16-5-12-25(13-6-16)29(3,27)28/h16-17H,4-15H2,1-3H3,(H,21,26)(H2,20,22,23). The number of sulfonamides is 1. The number of rotatable bonds is 8. The first-order chi connectivity index (χ1) is 13.8. The molecule has 0 unspecified atom stereocenters. The third-order valence-electron chi connectivity index (χ3n) is 5.69. The SMILES string of the molecule is CCCNC(=O)CN1CCC(NC(=NC)NCC2CCN(S(C)(=O)=O)CC2)CC1. The molecule has 0 aromatic heterocycles. The Morgan fingerprint density at radius 2 is 1.72 bits per heavy atom. The monoisotopic (exact) mass is 430 g/mol. The third kappa shape index (κ3) is 8.47. The van der Waals surface area contributed by atoms with Gasteiger partial charge < -0.3 is 16.0 Å². The van der Waals surface area contributed by atoms with Gasteiger partial charge >= 0.3 is 0 Å². The Kier molecular flexibility index (Phi) is 9.64. The molecule has 0 atom stereocenters. The fourth-order valence-electron chi connectivity index (χ4n) is 3.83. The molecule has 0 saturated carbocycles. The molecule has 2 aliphatic rings. The van der Waals surface area contributed by atoms with Gasteiger partial charge in [-0.05, 0) is 38.0 Å². The molecule has 0 aromatic carbocycles. The van der Waals surface area contributed by atoms with Gasteiger partial charge in [-0.1, -0.05) is 6.92 Å². The molecule has 0 bridgehead atoms. The van der Waals surface area contributed by atoms with E-state index in [4.69, 9.17) is 0 Å². The maximum atomic E-state index is 11.9. The van der Waals surface area contributed by atoms with E-state index in [1.807, 2.05) is 0 Å². The summed E-state index contributed by atoms with van der Waals surface area (Å²) in [4.78, 5) is 18.4. The molecule has 1 amide bonds. The van der Waals surface area contributed by atoms with E-state index in [2.05, 4.69) is 32.8 Å². The third-order valence-corrected chi connectivity index (χ3v) is 7.00. The lowest BCUT2D eigenvalue weighted by Crippen LogP contribution is -2.51. The second-order valence-electron chi connectivity index (χ2n) is 8.10. The zero-order chi connectivity index (χ0) is 21.3. The molecule has 2 aliphatic heterocycles. The van der Waals surface area contributed by atoms with Crippen LogP contribution in [0.25, 0.3) is 0 Å². The van der Waals surface area contributed by atoms with Gasteiger partial charge in [0.15, 0.2) is 5.96 Å². The van der Waals surface area contributed by atoms with E-state index in [9.17, 15) is 13.2 Å². The van der Waals surface area contributed by atoms with Crippen LogP contribution in [-0.4, -0.2) is 94.6 Å². The molecule has 0 spiro atoms. The van der Waals surface area contributed by atoms with Crippen LogP contribution in [0.2, 0.25) is 0 Å². The molecule has 29 heavy (non-hydrogen) atoms. The van der Waals surface area contributed by atoms with Gasteiger partial charge in [0, 0.05) is 52.4 Å². The maximum absolute atomic E-state index is 11.9. The molecule has 2 rings (SSSR count). The van der Waals surface area contributed by atoms with Crippen LogP contribution in [-0.2, 0) is 14.8 Å². The largest absolute Gasteiger partial charge is 0.356 e. The summed E-state index contributed by atoms with van der Waals surface area (Å²) in [5.74, 6) is 1.36. The van der Waals surface area contributed by atoms with Crippen molar-refractivity contribution in [1.82, 2.24) is 25.2 Å². The number of hydrogen-bond donors (Lipinski definition) is 3. The van der Waals surface area contributed by atoms with Crippen molar-refractivity contribution < 1.29 is 13.2 Å². The number of aliphatic imine (C=N–C) groups is 1. The summed E-state index contributed by atoms with van der Waals surface area (Å²) in [5, 5.41) is 9.82. The van der Waals surface area contributed by atoms with Crippen molar-refractivity contribution in [2.24, 2.45) is 10.9 Å². The van der Waals surface area contributed by atoms with Crippen molar-refractivity contribution in [2.75, 3.05) is 59.1 Å². The average Bonchev–Trinajstić information content (AvgIpc) is 2.70. The number of nitrogens with one attached hydrogen (secondary N) is 3. The van der Waals surface area contributed by atoms with Crippen LogP contribution >= 0.6 is 0 Å². The zero-order valence-electron chi connectivity index (χ0n) is 18.1. The molecule has 10 heteroatoms. The Bertz CT molecular complexity index is 638. The molecule has 9 nitrogen and oxygen atoms in total. The number of carbonyl (C=O) groups excluding carboxylic acids is 1. The first-order valence-corrected chi connectivity index (χ1v) is 12.6. The quantitative estimate of drug-likeness (QED) is 0.364. The van der Waals surface area contributed by atoms with Crippen LogP contribution in [0, 0.1) is 5.92 Å². The number of likely N-dealkylation sites (tertiary alicyclic amines) is 1. The van der Waals surface area contributed by atoms with Gasteiger partial charge in [-0.2, -0.15) is 0 Å². The highest BCUT2D eigenvalue weighted by atomic mass is 32.2. The Morgan fingerprint density at radius 3 is 2.28 bits per heavy atom. The Morgan fingerprint density at radius 1 is 1.07 bits per heavy atom. The van der Waals surface area contributed by atoms with Gasteiger partial charge in [0.25, 0.3) is 0 Å². The van der Waals surface area contributed by atoms with E-state index < -0.39 is 10.0 Å². The van der Waals surface area contributed by atoms with E-state index in [-0.39, 0.29) is 5.91 Å². The maximum Gasteiger partial charge on any atom is 0.234 e. The summed E-state index contributed by atoms with van der Waals surface area (Å²) < 4.78 is 24.8. The average molecular weight is 431 g/mol. The Hall–Kier alpha value is -1.39. The molecule has 168 valence electrons. The van der Waals surface area contributed by atoms with Gasteiger partial charge in [0.1, 0.15) is 0 Å². The van der Waals surface area contributed by atoms with Crippen LogP contribution < -0.4 is 16.0 Å². The normalized spacial score (nSPS) is 21.1. The zero-order valence-corrected chi connectivity index (χ0v) is 18.9. The van der Waals surface area contributed by atoms with Crippen molar-refractivity contribution >= 4 is 21.9 Å². The van der Waals surface area contributed by atoms with Crippen LogP contribution in [0.1, 0.15) is 39.0 Å². The van der Waals surface area contributed by atoms with Crippen LogP contribution in [0.4, 0.5) is 0 Å². The highest BCUT2D eigenvalue weighted by Crippen LogP contribution is 2.18. The minimum Gasteiger partial charge on any atom is -0.356 e. The van der Waals surface area contributed by atoms with E-state index in [1.54, 1.807) is 11.4 Å². The number of carbonyl (C=O) groups is 1. The number of amides is 1. The fourth-order valence-corrected chi connectivity index (χ4v) is 4.71. The topological polar surface area (TPSA) is 106 Å². The fraction of sp³-hybridized carbons (Fsp3) is 0.895.